The van der Waals surface area contributed by atoms with Gasteiger partial charge >= 0.3 is 0 Å². The van der Waals surface area contributed by atoms with E-state index < -0.39 is 0 Å². The second kappa shape index (κ2) is 7.69. The minimum atomic E-state index is 0.0133. The Morgan fingerprint density at radius 1 is 0.595 bits per heavy atom. The highest BCUT2D eigenvalue weighted by Crippen LogP contribution is 2.52. The number of nitrogens with zero attached hydrogens (tertiary/aromatic N) is 2. The number of hydrogen-bond donors (Lipinski definition) is 0. The molecule has 0 radical (unpaired) electrons. The van der Waals surface area contributed by atoms with Gasteiger partial charge in [0.1, 0.15) is 0 Å². The molecule has 4 heteroatoms. The van der Waals surface area contributed by atoms with Crippen LogP contribution in [0.5, 0.6) is 11.5 Å². The van der Waals surface area contributed by atoms with Crippen LogP contribution in [-0.2, 0) is 10.8 Å². The third kappa shape index (κ3) is 2.97. The highest BCUT2D eigenvalue weighted by molar-refractivity contribution is 7.00. The van der Waals surface area contributed by atoms with E-state index in [4.69, 9.17) is 4.74 Å². The first kappa shape index (κ1) is 24.2. The molecule has 0 amide bonds. The van der Waals surface area contributed by atoms with Crippen LogP contribution in [0.3, 0.4) is 0 Å². The Labute approximate surface area is 247 Å². The van der Waals surface area contributed by atoms with Gasteiger partial charge in [0.2, 0.25) is 0 Å². The number of ether oxygens (including phenoxy) is 1. The van der Waals surface area contributed by atoms with Gasteiger partial charge in [-0.25, -0.2) is 0 Å². The normalized spacial score (nSPS) is 14.5. The van der Waals surface area contributed by atoms with Crippen molar-refractivity contribution in [2.75, 3.05) is 4.90 Å². The molecular weight excluding hydrogens is 511 g/mol. The van der Waals surface area contributed by atoms with Crippen LogP contribution in [0.2, 0.25) is 0 Å². The van der Waals surface area contributed by atoms with Gasteiger partial charge in [-0.15, -0.1) is 0 Å². The van der Waals surface area contributed by atoms with Crippen LogP contribution in [0.4, 0.5) is 17.1 Å². The van der Waals surface area contributed by atoms with Gasteiger partial charge in [-0.05, 0) is 86.9 Å². The van der Waals surface area contributed by atoms with Crippen molar-refractivity contribution in [2.45, 2.75) is 52.4 Å². The Balaban J connectivity index is 1.47. The molecule has 42 heavy (non-hydrogen) atoms. The molecule has 204 valence electrons. The summed E-state index contributed by atoms with van der Waals surface area (Å²) in [6.45, 7) is 14.0. The first-order chi connectivity index (χ1) is 20.1. The maximum absolute atomic E-state index is 6.55. The number of hydrogen-bond acceptors (Lipinski definition) is 2. The number of anilines is 3. The number of aromatic nitrogens is 1. The van der Waals surface area contributed by atoms with Crippen molar-refractivity contribution >= 4 is 62.0 Å². The first-order valence-corrected chi connectivity index (χ1v) is 15.1. The largest absolute Gasteiger partial charge is 0.453 e. The highest BCUT2D eigenvalue weighted by atomic mass is 16.5. The molecule has 0 saturated heterocycles. The summed E-state index contributed by atoms with van der Waals surface area (Å²) in [5.41, 5.74) is 14.3. The van der Waals surface area contributed by atoms with Gasteiger partial charge in [-0.1, -0.05) is 84.0 Å². The molecule has 0 spiro atoms. The van der Waals surface area contributed by atoms with E-state index in [1.165, 1.54) is 66.4 Å². The molecule has 0 saturated carbocycles. The summed E-state index contributed by atoms with van der Waals surface area (Å²) >= 11 is 0. The fourth-order valence-electron chi connectivity index (χ4n) is 7.57. The van der Waals surface area contributed by atoms with Crippen LogP contribution in [0.25, 0.3) is 27.5 Å². The lowest BCUT2D eigenvalue weighted by Crippen LogP contribution is -2.60. The van der Waals surface area contributed by atoms with Crippen LogP contribution >= 0.6 is 0 Å². The highest BCUT2D eigenvalue weighted by Gasteiger charge is 2.45. The Bertz CT molecular complexity index is 2160. The van der Waals surface area contributed by atoms with Crippen molar-refractivity contribution in [3.63, 3.8) is 0 Å². The Kier molecular flexibility index (Phi) is 4.43. The summed E-state index contributed by atoms with van der Waals surface area (Å²) in [4.78, 5) is 2.44. The summed E-state index contributed by atoms with van der Waals surface area (Å²) < 4.78 is 9.10. The lowest BCUT2D eigenvalue weighted by molar-refractivity contribution is 0.477. The number of fused-ring (bicyclic) bond motifs is 9. The second-order valence-corrected chi connectivity index (χ2v) is 14.3. The minimum Gasteiger partial charge on any atom is -0.453 e. The van der Waals surface area contributed by atoms with Gasteiger partial charge in [-0.3, -0.25) is 0 Å². The van der Waals surface area contributed by atoms with Crippen molar-refractivity contribution in [1.29, 1.82) is 0 Å². The Morgan fingerprint density at radius 3 is 2.10 bits per heavy atom. The molecule has 0 atom stereocenters. The minimum absolute atomic E-state index is 0.0133. The predicted octanol–water partition coefficient (Wildman–Crippen LogP) is 8.10. The SMILES string of the molecule is CC(C)(C)c1ccc2c(c1)c1cc(C(C)(C)C)cc3c1n2-c1cccc2c1B3c1cccc3c1N2c1ccccc1O3. The fourth-order valence-corrected chi connectivity index (χ4v) is 7.57. The summed E-state index contributed by atoms with van der Waals surface area (Å²) in [7, 11) is 0. The molecule has 3 aliphatic heterocycles. The zero-order chi connectivity index (χ0) is 28.7. The van der Waals surface area contributed by atoms with Gasteiger partial charge in [0, 0.05) is 27.7 Å². The average molecular weight is 545 g/mol. The predicted molar refractivity (Wildman–Crippen MR) is 178 cm³/mol. The van der Waals surface area contributed by atoms with E-state index in [-0.39, 0.29) is 17.5 Å². The van der Waals surface area contributed by atoms with E-state index in [2.05, 4.69) is 142 Å². The number of rotatable bonds is 0. The fraction of sp³-hybridized carbons (Fsp3) is 0.211. The van der Waals surface area contributed by atoms with Gasteiger partial charge < -0.3 is 14.2 Å². The smallest absolute Gasteiger partial charge is 0.252 e. The third-order valence-electron chi connectivity index (χ3n) is 9.66. The van der Waals surface area contributed by atoms with E-state index in [9.17, 15) is 0 Å². The topological polar surface area (TPSA) is 17.4 Å². The maximum Gasteiger partial charge on any atom is 0.252 e. The van der Waals surface area contributed by atoms with Crippen molar-refractivity contribution in [1.82, 2.24) is 4.57 Å². The van der Waals surface area contributed by atoms with Crippen molar-refractivity contribution in [2.24, 2.45) is 0 Å². The summed E-state index contributed by atoms with van der Waals surface area (Å²) in [5, 5.41) is 2.69. The molecule has 0 N–H and O–H groups in total. The molecular formula is C38H33BN2O. The van der Waals surface area contributed by atoms with E-state index >= 15 is 0 Å². The lowest BCUT2D eigenvalue weighted by atomic mass is 9.33. The van der Waals surface area contributed by atoms with E-state index in [0.717, 1.165) is 17.2 Å². The molecule has 1 aromatic heterocycles. The molecule has 3 aliphatic rings. The molecule has 9 rings (SSSR count). The van der Waals surface area contributed by atoms with Crippen LogP contribution < -0.4 is 26.0 Å². The Hall–Kier alpha value is -4.44. The van der Waals surface area contributed by atoms with E-state index in [0.29, 0.717) is 0 Å². The molecule has 6 aromatic rings. The molecule has 0 aliphatic carbocycles. The summed E-state index contributed by atoms with van der Waals surface area (Å²) in [6, 6.07) is 34.0. The van der Waals surface area contributed by atoms with Crippen molar-refractivity contribution in [3.05, 3.63) is 102 Å². The van der Waals surface area contributed by atoms with Gasteiger partial charge in [0.05, 0.1) is 16.9 Å². The lowest BCUT2D eigenvalue weighted by Gasteiger charge is -2.43. The van der Waals surface area contributed by atoms with Crippen LogP contribution in [0.15, 0.2) is 91.0 Å². The average Bonchev–Trinajstić information content (AvgIpc) is 3.29. The maximum atomic E-state index is 6.55. The summed E-state index contributed by atoms with van der Waals surface area (Å²) in [6.07, 6.45) is 0. The summed E-state index contributed by atoms with van der Waals surface area (Å²) in [5.74, 6) is 1.82. The molecule has 5 aromatic carbocycles. The van der Waals surface area contributed by atoms with Crippen molar-refractivity contribution in [3.8, 4) is 17.2 Å². The van der Waals surface area contributed by atoms with E-state index in [1.807, 2.05) is 0 Å². The van der Waals surface area contributed by atoms with Gasteiger partial charge in [0.15, 0.2) is 11.5 Å². The van der Waals surface area contributed by atoms with E-state index in [1.54, 1.807) is 0 Å². The van der Waals surface area contributed by atoms with Crippen LogP contribution in [-0.4, -0.2) is 11.3 Å². The number of para-hydroxylation sites is 3. The second-order valence-electron chi connectivity index (χ2n) is 14.3. The molecule has 0 unspecified atom stereocenters. The zero-order valence-electron chi connectivity index (χ0n) is 25.0. The standard InChI is InChI=1S/C38H33BN2O/c1-37(2,3)22-17-18-28-24(19-22)25-20-23(38(4,5)6)21-27-35(25)40(28)30-13-10-14-31-34(30)39(27)26-11-9-16-33-36(26)41(31)29-12-7-8-15-32(29)42-33/h7-21H,1-6H3. The Morgan fingerprint density at radius 2 is 1.29 bits per heavy atom. The monoisotopic (exact) mass is 544 g/mol. The van der Waals surface area contributed by atoms with Crippen LogP contribution in [0, 0.1) is 0 Å². The molecule has 0 bridgehead atoms. The van der Waals surface area contributed by atoms with Crippen molar-refractivity contribution < 1.29 is 4.74 Å². The number of benzene rings is 5. The zero-order valence-corrected chi connectivity index (χ0v) is 25.0. The van der Waals surface area contributed by atoms with Gasteiger partial charge in [-0.2, -0.15) is 0 Å². The van der Waals surface area contributed by atoms with Gasteiger partial charge in [0.25, 0.3) is 6.71 Å². The first-order valence-electron chi connectivity index (χ1n) is 15.1. The third-order valence-corrected chi connectivity index (χ3v) is 9.66. The molecule has 3 nitrogen and oxygen atoms in total. The molecule has 4 heterocycles. The molecule has 0 fully saturated rings. The van der Waals surface area contributed by atoms with Crippen LogP contribution in [0.1, 0.15) is 52.7 Å². The quantitative estimate of drug-likeness (QED) is 0.180.